The van der Waals surface area contributed by atoms with Gasteiger partial charge >= 0.3 is 0 Å². The molecule has 0 unspecified atom stereocenters. The molecule has 8 nitrogen and oxygen atoms in total. The van der Waals surface area contributed by atoms with Crippen LogP contribution in [0.15, 0.2) is 57.6 Å². The molecule has 3 rings (SSSR count). The van der Waals surface area contributed by atoms with Crippen molar-refractivity contribution < 1.29 is 18.6 Å². The monoisotopic (exact) mass is 420 g/mol. The second-order valence-electron chi connectivity index (χ2n) is 6.05. The van der Waals surface area contributed by atoms with E-state index in [2.05, 4.69) is 15.2 Å². The van der Waals surface area contributed by atoms with Crippen LogP contribution in [0.4, 0.5) is 16.5 Å². The highest BCUT2D eigenvalue weighted by Gasteiger charge is 2.10. The summed E-state index contributed by atoms with van der Waals surface area (Å²) in [5.74, 6) is 0. The Hall–Kier alpha value is -2.40. The van der Waals surface area contributed by atoms with Crippen LogP contribution in [0.3, 0.4) is 0 Å². The molecule has 0 aliphatic carbocycles. The summed E-state index contributed by atoms with van der Waals surface area (Å²) in [6.07, 6.45) is 1.17. The molecule has 0 saturated carbocycles. The Morgan fingerprint density at radius 2 is 1.71 bits per heavy atom. The topological polar surface area (TPSA) is 115 Å². The number of azo groups is 1. The molecule has 0 aliphatic rings. The number of rotatable bonds is 8. The van der Waals surface area contributed by atoms with E-state index in [1.165, 1.54) is 23.7 Å². The van der Waals surface area contributed by atoms with E-state index in [-0.39, 0.29) is 18.1 Å². The predicted molar refractivity (Wildman–Crippen MR) is 110 cm³/mol. The number of benzene rings is 2. The third-order valence-corrected chi connectivity index (χ3v) is 6.00. The molecule has 0 amide bonds. The molecule has 1 heterocycles. The van der Waals surface area contributed by atoms with Crippen LogP contribution in [0.1, 0.15) is 0 Å². The van der Waals surface area contributed by atoms with Crippen molar-refractivity contribution in [2.24, 2.45) is 10.2 Å². The van der Waals surface area contributed by atoms with Gasteiger partial charge in [-0.2, -0.15) is 0 Å². The summed E-state index contributed by atoms with van der Waals surface area (Å²) in [6.45, 7) is 0.866. The molecule has 0 saturated heterocycles. The van der Waals surface area contributed by atoms with Crippen molar-refractivity contribution in [1.82, 2.24) is 4.98 Å². The zero-order valence-electron chi connectivity index (χ0n) is 15.2. The van der Waals surface area contributed by atoms with Crippen LogP contribution < -0.4 is 4.90 Å². The molecule has 0 aliphatic heterocycles. The van der Waals surface area contributed by atoms with Gasteiger partial charge in [0.15, 0.2) is 9.84 Å². The number of aliphatic hydroxyl groups excluding tert-OH is 2. The Morgan fingerprint density at radius 3 is 2.32 bits per heavy atom. The summed E-state index contributed by atoms with van der Waals surface area (Å²) in [7, 11) is -3.27. The lowest BCUT2D eigenvalue weighted by Crippen LogP contribution is -2.29. The molecular weight excluding hydrogens is 400 g/mol. The number of anilines is 1. The number of aliphatic hydroxyl groups is 2. The molecule has 2 N–H and O–H groups in total. The molecule has 0 fully saturated rings. The summed E-state index contributed by atoms with van der Waals surface area (Å²) in [5.41, 5.74) is 2.17. The van der Waals surface area contributed by atoms with Crippen molar-refractivity contribution >= 4 is 47.9 Å². The zero-order chi connectivity index (χ0) is 20.1. The summed E-state index contributed by atoms with van der Waals surface area (Å²) in [6, 6.07) is 12.0. The quantitative estimate of drug-likeness (QED) is 0.542. The van der Waals surface area contributed by atoms with Crippen molar-refractivity contribution in [3.05, 3.63) is 42.5 Å². The fourth-order valence-corrected chi connectivity index (χ4v) is 4.16. The van der Waals surface area contributed by atoms with Crippen LogP contribution in [0.2, 0.25) is 0 Å². The minimum atomic E-state index is -3.27. The van der Waals surface area contributed by atoms with Crippen LogP contribution >= 0.6 is 11.3 Å². The molecule has 28 heavy (non-hydrogen) atoms. The first-order valence-corrected chi connectivity index (χ1v) is 11.2. The highest BCUT2D eigenvalue weighted by atomic mass is 32.2. The number of sulfone groups is 1. The van der Waals surface area contributed by atoms with E-state index in [4.69, 9.17) is 10.2 Å². The van der Waals surface area contributed by atoms with Gasteiger partial charge in [0.05, 0.1) is 34.0 Å². The van der Waals surface area contributed by atoms with Crippen molar-refractivity contribution in [3.63, 3.8) is 0 Å². The van der Waals surface area contributed by atoms with Gasteiger partial charge in [-0.25, -0.2) is 13.4 Å². The van der Waals surface area contributed by atoms with Crippen LogP contribution in [0, 0.1) is 0 Å². The van der Waals surface area contributed by atoms with E-state index < -0.39 is 9.84 Å². The molecular formula is C18H20N4O4S2. The number of thiazole rings is 1. The molecule has 148 valence electrons. The van der Waals surface area contributed by atoms with Gasteiger partial charge < -0.3 is 15.1 Å². The number of nitrogens with zero attached hydrogens (tertiary/aromatic N) is 4. The lowest BCUT2D eigenvalue weighted by atomic mass is 10.2. The number of aromatic nitrogens is 1. The first-order chi connectivity index (χ1) is 13.4. The zero-order valence-corrected chi connectivity index (χ0v) is 16.8. The maximum Gasteiger partial charge on any atom is 0.231 e. The SMILES string of the molecule is CS(=O)(=O)c1ccc2nc(/N=N/c3ccc(N(CCO)CCO)cc3)sc2c1. The van der Waals surface area contributed by atoms with Gasteiger partial charge in [-0.1, -0.05) is 11.3 Å². The van der Waals surface area contributed by atoms with Crippen molar-refractivity contribution in [2.75, 3.05) is 37.5 Å². The summed E-state index contributed by atoms with van der Waals surface area (Å²) in [4.78, 5) is 6.46. The minimum absolute atomic E-state index is 0.000112. The molecule has 10 heteroatoms. The predicted octanol–water partition coefficient (Wildman–Crippen LogP) is 2.91. The Labute approximate surface area is 166 Å². The number of hydrogen-bond acceptors (Lipinski definition) is 9. The lowest BCUT2D eigenvalue weighted by molar-refractivity contribution is 0.281. The smallest absolute Gasteiger partial charge is 0.231 e. The minimum Gasteiger partial charge on any atom is -0.395 e. The standard InChI is InChI=1S/C18H20N4O4S2/c1-28(25,26)15-6-7-16-17(12-15)27-18(19-16)21-20-13-2-4-14(5-3-13)22(8-10-23)9-11-24/h2-7,12,23-24H,8-11H2,1H3/b21-20+. The Morgan fingerprint density at radius 1 is 1.04 bits per heavy atom. The van der Waals surface area contributed by atoms with E-state index >= 15 is 0 Å². The highest BCUT2D eigenvalue weighted by molar-refractivity contribution is 7.90. The van der Waals surface area contributed by atoms with Crippen LogP contribution in [-0.4, -0.2) is 56.2 Å². The summed E-state index contributed by atoms with van der Waals surface area (Å²) < 4.78 is 24.1. The Balaban J connectivity index is 1.78. The summed E-state index contributed by atoms with van der Waals surface area (Å²) in [5, 5.41) is 27.0. The van der Waals surface area contributed by atoms with Gasteiger partial charge in [0.2, 0.25) is 5.13 Å². The maximum absolute atomic E-state index is 11.7. The molecule has 1 aromatic heterocycles. The second kappa shape index (κ2) is 8.74. The fourth-order valence-electron chi connectivity index (χ4n) is 2.61. The van der Waals surface area contributed by atoms with E-state index in [1.54, 1.807) is 24.3 Å². The number of fused-ring (bicyclic) bond motifs is 1. The molecule has 0 bridgehead atoms. The Bertz CT molecular complexity index is 1070. The van der Waals surface area contributed by atoms with Gasteiger partial charge in [-0.15, -0.1) is 10.2 Å². The summed E-state index contributed by atoms with van der Waals surface area (Å²) >= 11 is 1.27. The first kappa shape index (κ1) is 20.3. The highest BCUT2D eigenvalue weighted by Crippen LogP contribution is 2.31. The lowest BCUT2D eigenvalue weighted by Gasteiger charge is -2.22. The van der Waals surface area contributed by atoms with Gasteiger partial charge in [0, 0.05) is 25.0 Å². The van der Waals surface area contributed by atoms with Gasteiger partial charge in [0.25, 0.3) is 0 Å². The first-order valence-electron chi connectivity index (χ1n) is 8.50. The Kier molecular flexibility index (Phi) is 6.35. The van der Waals surface area contributed by atoms with Crippen LogP contribution in [0.5, 0.6) is 0 Å². The van der Waals surface area contributed by atoms with Gasteiger partial charge in [0.1, 0.15) is 0 Å². The van der Waals surface area contributed by atoms with Gasteiger partial charge in [-0.3, -0.25) is 0 Å². The average Bonchev–Trinajstić information content (AvgIpc) is 3.08. The van der Waals surface area contributed by atoms with Gasteiger partial charge in [-0.05, 0) is 42.5 Å². The van der Waals surface area contributed by atoms with E-state index in [9.17, 15) is 8.42 Å². The third kappa shape index (κ3) is 4.90. The van der Waals surface area contributed by atoms with E-state index in [0.29, 0.717) is 29.4 Å². The average molecular weight is 421 g/mol. The van der Waals surface area contributed by atoms with E-state index in [1.807, 2.05) is 17.0 Å². The maximum atomic E-state index is 11.7. The van der Waals surface area contributed by atoms with Crippen molar-refractivity contribution in [3.8, 4) is 0 Å². The van der Waals surface area contributed by atoms with Crippen LogP contribution in [-0.2, 0) is 9.84 Å². The van der Waals surface area contributed by atoms with E-state index in [0.717, 1.165) is 10.4 Å². The molecule has 3 aromatic rings. The molecule has 0 spiro atoms. The van der Waals surface area contributed by atoms with Crippen molar-refractivity contribution in [1.29, 1.82) is 0 Å². The number of hydrogen-bond donors (Lipinski definition) is 2. The largest absolute Gasteiger partial charge is 0.395 e. The molecule has 2 aromatic carbocycles. The second-order valence-corrected chi connectivity index (χ2v) is 9.07. The fraction of sp³-hybridized carbons (Fsp3) is 0.278. The normalized spacial score (nSPS) is 12.1. The third-order valence-electron chi connectivity index (χ3n) is 3.98. The molecule has 0 atom stereocenters. The van der Waals surface area contributed by atoms with Crippen molar-refractivity contribution in [2.45, 2.75) is 4.90 Å². The molecule has 0 radical (unpaired) electrons. The van der Waals surface area contributed by atoms with Crippen LogP contribution in [0.25, 0.3) is 10.2 Å².